The standard InChI is InChI=1S/C32H46O6/c1-17(28(33)38-31(3)24-10-19-6-20(12-24)13-25(31)11-19)26-27(30(35)37-29(26)34)18(2)36-5-4-32-14-21-7-22(15-32)9-23(8-21)16-32/h17-27H,4-16H2,1-3H3. The summed E-state index contributed by atoms with van der Waals surface area (Å²) in [6.07, 6.45) is 14.7. The van der Waals surface area contributed by atoms with Crippen LogP contribution < -0.4 is 0 Å². The molecule has 0 aromatic rings. The first-order chi connectivity index (χ1) is 18.1. The van der Waals surface area contributed by atoms with Gasteiger partial charge in [-0.05, 0) is 138 Å². The second kappa shape index (κ2) is 9.04. The maximum atomic E-state index is 13.5. The van der Waals surface area contributed by atoms with E-state index in [2.05, 4.69) is 6.92 Å². The molecular weight excluding hydrogens is 480 g/mol. The normalized spacial score (nSPS) is 49.8. The van der Waals surface area contributed by atoms with Gasteiger partial charge in [0.1, 0.15) is 5.60 Å². The highest BCUT2D eigenvalue weighted by atomic mass is 16.6. The average molecular weight is 527 g/mol. The van der Waals surface area contributed by atoms with E-state index in [0.29, 0.717) is 23.9 Å². The third-order valence-electron chi connectivity index (χ3n) is 12.8. The zero-order valence-electron chi connectivity index (χ0n) is 23.5. The van der Waals surface area contributed by atoms with E-state index >= 15 is 0 Å². The molecule has 1 heterocycles. The van der Waals surface area contributed by atoms with Gasteiger partial charge < -0.3 is 14.2 Å². The van der Waals surface area contributed by atoms with E-state index in [1.807, 2.05) is 6.92 Å². The Labute approximate surface area is 227 Å². The Kier molecular flexibility index (Phi) is 6.07. The van der Waals surface area contributed by atoms with Crippen LogP contribution in [0.2, 0.25) is 0 Å². The van der Waals surface area contributed by atoms with Crippen LogP contribution in [0.4, 0.5) is 0 Å². The lowest BCUT2D eigenvalue weighted by Gasteiger charge is -2.59. The van der Waals surface area contributed by atoms with Crippen LogP contribution in [0.15, 0.2) is 0 Å². The molecule has 9 aliphatic rings. The van der Waals surface area contributed by atoms with Crippen molar-refractivity contribution in [3.8, 4) is 0 Å². The average Bonchev–Trinajstić information content (AvgIpc) is 3.14. The first-order valence-corrected chi connectivity index (χ1v) is 15.7. The molecule has 0 N–H and O–H groups in total. The molecule has 8 bridgehead atoms. The molecule has 0 radical (unpaired) electrons. The smallest absolute Gasteiger partial charge is 0.320 e. The fourth-order valence-corrected chi connectivity index (χ4v) is 11.4. The fraction of sp³-hybridized carbons (Fsp3) is 0.906. The maximum Gasteiger partial charge on any atom is 0.320 e. The van der Waals surface area contributed by atoms with E-state index in [4.69, 9.17) is 14.2 Å². The van der Waals surface area contributed by atoms with Crippen molar-refractivity contribution in [3.05, 3.63) is 0 Å². The highest BCUT2D eigenvalue weighted by molar-refractivity contribution is 5.99. The molecule has 38 heavy (non-hydrogen) atoms. The Morgan fingerprint density at radius 3 is 1.87 bits per heavy atom. The van der Waals surface area contributed by atoms with E-state index in [1.54, 1.807) is 6.92 Å². The van der Waals surface area contributed by atoms with Crippen LogP contribution in [0, 0.1) is 64.6 Å². The molecule has 8 aliphatic carbocycles. The summed E-state index contributed by atoms with van der Waals surface area (Å²) in [7, 11) is 0. The SMILES string of the molecule is CC(OCCC12CC3CC(CC(C3)C1)C2)C1C(=O)OC(=O)C1C(C)C(=O)OC1(C)C2CC3CC(C2)CC1C3. The van der Waals surface area contributed by atoms with Gasteiger partial charge in [0.2, 0.25) is 0 Å². The predicted molar refractivity (Wildman–Crippen MR) is 139 cm³/mol. The number of carbonyl (C=O) groups excluding carboxylic acids is 3. The number of carbonyl (C=O) groups is 3. The molecular formula is C32H46O6. The summed E-state index contributed by atoms with van der Waals surface area (Å²) in [6, 6.07) is 0. The van der Waals surface area contributed by atoms with Crippen molar-refractivity contribution in [1.29, 1.82) is 0 Å². The third kappa shape index (κ3) is 4.09. The molecule has 210 valence electrons. The van der Waals surface area contributed by atoms with Gasteiger partial charge in [0.05, 0.1) is 23.9 Å². The molecule has 0 aromatic carbocycles. The highest BCUT2D eigenvalue weighted by Gasteiger charge is 2.59. The van der Waals surface area contributed by atoms with Crippen LogP contribution >= 0.6 is 0 Å². The van der Waals surface area contributed by atoms with Crippen LogP contribution in [0.5, 0.6) is 0 Å². The summed E-state index contributed by atoms with van der Waals surface area (Å²) in [5.74, 6) is 1.23. The zero-order valence-corrected chi connectivity index (χ0v) is 23.5. The molecule has 4 atom stereocenters. The third-order valence-corrected chi connectivity index (χ3v) is 12.8. The lowest BCUT2D eigenvalue weighted by Crippen LogP contribution is -2.58. The van der Waals surface area contributed by atoms with Gasteiger partial charge in [-0.1, -0.05) is 6.92 Å². The van der Waals surface area contributed by atoms with E-state index in [0.717, 1.165) is 61.7 Å². The summed E-state index contributed by atoms with van der Waals surface area (Å²) >= 11 is 0. The van der Waals surface area contributed by atoms with Gasteiger partial charge in [-0.3, -0.25) is 14.4 Å². The molecule has 8 saturated carbocycles. The Morgan fingerprint density at radius 2 is 1.32 bits per heavy atom. The van der Waals surface area contributed by atoms with E-state index in [-0.39, 0.29) is 5.97 Å². The van der Waals surface area contributed by atoms with Crippen molar-refractivity contribution >= 4 is 17.9 Å². The van der Waals surface area contributed by atoms with Crippen LogP contribution in [-0.4, -0.2) is 36.2 Å². The van der Waals surface area contributed by atoms with Crippen LogP contribution in [0.25, 0.3) is 0 Å². The predicted octanol–water partition coefficient (Wildman–Crippen LogP) is 5.71. The maximum absolute atomic E-state index is 13.5. The second-order valence-corrected chi connectivity index (χ2v) is 15.2. The second-order valence-electron chi connectivity index (χ2n) is 15.2. The topological polar surface area (TPSA) is 78.9 Å². The molecule has 1 saturated heterocycles. The molecule has 0 amide bonds. The highest BCUT2D eigenvalue weighted by Crippen LogP contribution is 2.62. The monoisotopic (exact) mass is 526 g/mol. The van der Waals surface area contributed by atoms with Crippen molar-refractivity contribution in [2.75, 3.05) is 6.61 Å². The lowest BCUT2D eigenvalue weighted by molar-refractivity contribution is -0.208. The first-order valence-electron chi connectivity index (χ1n) is 15.7. The minimum absolute atomic E-state index is 0.359. The summed E-state index contributed by atoms with van der Waals surface area (Å²) < 4.78 is 17.7. The van der Waals surface area contributed by atoms with Crippen molar-refractivity contribution in [2.24, 2.45) is 64.6 Å². The summed E-state index contributed by atoms with van der Waals surface area (Å²) in [6.45, 7) is 6.33. The van der Waals surface area contributed by atoms with Gasteiger partial charge in [-0.25, -0.2) is 0 Å². The number of rotatable bonds is 8. The van der Waals surface area contributed by atoms with Crippen molar-refractivity contribution in [2.45, 2.75) is 110 Å². The van der Waals surface area contributed by atoms with Gasteiger partial charge in [0.15, 0.2) is 0 Å². The Balaban J connectivity index is 0.992. The summed E-state index contributed by atoms with van der Waals surface area (Å²) in [4.78, 5) is 39.2. The van der Waals surface area contributed by atoms with E-state index in [9.17, 15) is 14.4 Å². The fourth-order valence-electron chi connectivity index (χ4n) is 11.4. The minimum Gasteiger partial charge on any atom is -0.459 e. The number of hydrogen-bond donors (Lipinski definition) is 0. The largest absolute Gasteiger partial charge is 0.459 e. The molecule has 0 aromatic heterocycles. The molecule has 9 rings (SSSR count). The van der Waals surface area contributed by atoms with Gasteiger partial charge in [0, 0.05) is 6.61 Å². The van der Waals surface area contributed by atoms with Gasteiger partial charge in [0.25, 0.3) is 0 Å². The molecule has 4 unspecified atom stereocenters. The minimum atomic E-state index is -0.843. The quantitative estimate of drug-likeness (QED) is 0.298. The summed E-state index contributed by atoms with van der Waals surface area (Å²) in [5, 5.41) is 0. The van der Waals surface area contributed by atoms with Gasteiger partial charge in [-0.2, -0.15) is 0 Å². The number of hydrogen-bond acceptors (Lipinski definition) is 6. The summed E-state index contributed by atoms with van der Waals surface area (Å²) in [5.41, 5.74) is -0.0498. The molecule has 6 heteroatoms. The lowest BCUT2D eigenvalue weighted by atomic mass is 9.49. The van der Waals surface area contributed by atoms with Crippen molar-refractivity contribution in [3.63, 3.8) is 0 Å². The molecule has 0 spiro atoms. The Hall–Kier alpha value is -1.43. The molecule has 1 aliphatic heterocycles. The van der Waals surface area contributed by atoms with E-state index < -0.39 is 41.4 Å². The number of ether oxygens (including phenoxy) is 3. The zero-order chi connectivity index (χ0) is 26.4. The van der Waals surface area contributed by atoms with Crippen molar-refractivity contribution < 1.29 is 28.6 Å². The van der Waals surface area contributed by atoms with Gasteiger partial charge >= 0.3 is 17.9 Å². The molecule has 6 nitrogen and oxygen atoms in total. The van der Waals surface area contributed by atoms with Gasteiger partial charge in [-0.15, -0.1) is 0 Å². The molecule has 9 fully saturated rings. The van der Waals surface area contributed by atoms with Crippen molar-refractivity contribution in [1.82, 2.24) is 0 Å². The number of esters is 3. The first kappa shape index (κ1) is 25.5. The Bertz CT molecular complexity index is 937. The Morgan fingerprint density at radius 1 is 0.816 bits per heavy atom. The van der Waals surface area contributed by atoms with E-state index in [1.165, 1.54) is 44.9 Å². The van der Waals surface area contributed by atoms with Crippen LogP contribution in [-0.2, 0) is 28.6 Å². The van der Waals surface area contributed by atoms with Crippen LogP contribution in [0.1, 0.15) is 97.8 Å². The van der Waals surface area contributed by atoms with Crippen LogP contribution in [0.3, 0.4) is 0 Å². The number of cyclic esters (lactones) is 2.